The fraction of sp³-hybridized carbons (Fsp3) is 0.909. The molecule has 4 nitrogen and oxygen atoms in total. The Morgan fingerprint density at radius 2 is 1.72 bits per heavy atom. The molecule has 0 aliphatic heterocycles. The number of halogens is 3. The van der Waals surface area contributed by atoms with Crippen molar-refractivity contribution in [2.75, 3.05) is 20.1 Å². The summed E-state index contributed by atoms with van der Waals surface area (Å²) in [5.41, 5.74) is 9.73. The van der Waals surface area contributed by atoms with E-state index >= 15 is 0 Å². The van der Waals surface area contributed by atoms with Crippen LogP contribution in [0.5, 0.6) is 0 Å². The molecule has 0 radical (unpaired) electrons. The zero-order valence-corrected chi connectivity index (χ0v) is 10.9. The lowest BCUT2D eigenvalue weighted by Gasteiger charge is -2.21. The smallest absolute Gasteiger partial charge is 0.368 e. The van der Waals surface area contributed by atoms with Crippen molar-refractivity contribution in [1.29, 1.82) is 0 Å². The van der Waals surface area contributed by atoms with Crippen LogP contribution in [-0.2, 0) is 4.79 Å². The van der Waals surface area contributed by atoms with Crippen LogP contribution in [0.3, 0.4) is 0 Å². The van der Waals surface area contributed by atoms with Crippen molar-refractivity contribution in [2.45, 2.75) is 44.3 Å². The molecule has 4 N–H and O–H groups in total. The maximum atomic E-state index is 12.0. The van der Waals surface area contributed by atoms with Gasteiger partial charge in [-0.2, -0.15) is 13.2 Å². The van der Waals surface area contributed by atoms with Crippen LogP contribution in [0.1, 0.15) is 32.6 Å². The van der Waals surface area contributed by atoms with Crippen LogP contribution in [-0.4, -0.2) is 42.7 Å². The standard InChI is InChI=1S/C11H22F3N3O/c1-10(16,9(15)18)5-3-4-7-17(2)8-6-11(12,13)14/h3-8,16H2,1-2H3,(H2,15,18). The Hall–Kier alpha value is -0.820. The third-order valence-electron chi connectivity index (χ3n) is 2.83. The van der Waals surface area contributed by atoms with E-state index in [1.807, 2.05) is 0 Å². The molecule has 0 fully saturated rings. The molecule has 0 rings (SSSR count). The molecule has 0 aliphatic carbocycles. The number of alkyl halides is 3. The average molecular weight is 269 g/mol. The molecule has 0 aromatic rings. The summed E-state index contributed by atoms with van der Waals surface area (Å²) in [6.07, 6.45) is -3.13. The van der Waals surface area contributed by atoms with Gasteiger partial charge in [0.05, 0.1) is 12.0 Å². The summed E-state index contributed by atoms with van der Waals surface area (Å²) in [5.74, 6) is -0.562. The normalized spacial score (nSPS) is 15.7. The summed E-state index contributed by atoms with van der Waals surface area (Å²) in [6.45, 7) is 2.09. The molecule has 1 atom stereocenters. The van der Waals surface area contributed by atoms with Gasteiger partial charge in [0, 0.05) is 6.54 Å². The van der Waals surface area contributed by atoms with Crippen LogP contribution >= 0.6 is 0 Å². The van der Waals surface area contributed by atoms with Gasteiger partial charge in [0.15, 0.2) is 0 Å². The number of hydrogen-bond donors (Lipinski definition) is 2. The van der Waals surface area contributed by atoms with Crippen LogP contribution in [0.4, 0.5) is 13.2 Å². The van der Waals surface area contributed by atoms with Crippen LogP contribution in [0.25, 0.3) is 0 Å². The lowest BCUT2D eigenvalue weighted by Crippen LogP contribution is -2.49. The number of nitrogens with zero attached hydrogens (tertiary/aromatic N) is 1. The number of primary amides is 1. The Morgan fingerprint density at radius 3 is 2.17 bits per heavy atom. The van der Waals surface area contributed by atoms with Crippen molar-refractivity contribution in [3.8, 4) is 0 Å². The summed E-state index contributed by atoms with van der Waals surface area (Å²) in [4.78, 5) is 12.5. The second kappa shape index (κ2) is 6.94. The van der Waals surface area contributed by atoms with Gasteiger partial charge in [-0.15, -0.1) is 0 Å². The number of carbonyl (C=O) groups is 1. The molecule has 0 aliphatic rings. The second-order valence-corrected chi connectivity index (χ2v) is 4.91. The van der Waals surface area contributed by atoms with Crippen LogP contribution in [0.2, 0.25) is 0 Å². The third-order valence-corrected chi connectivity index (χ3v) is 2.83. The van der Waals surface area contributed by atoms with Crippen molar-refractivity contribution in [3.63, 3.8) is 0 Å². The monoisotopic (exact) mass is 269 g/mol. The van der Waals surface area contributed by atoms with Crippen molar-refractivity contribution < 1.29 is 18.0 Å². The quantitative estimate of drug-likeness (QED) is 0.651. The zero-order valence-electron chi connectivity index (χ0n) is 10.9. The van der Waals surface area contributed by atoms with Crippen molar-refractivity contribution >= 4 is 5.91 Å². The minimum Gasteiger partial charge on any atom is -0.368 e. The Bertz CT molecular complexity index is 267. The van der Waals surface area contributed by atoms with Gasteiger partial charge in [0.2, 0.25) is 5.91 Å². The highest BCUT2D eigenvalue weighted by Gasteiger charge is 2.27. The van der Waals surface area contributed by atoms with Gasteiger partial charge in [-0.25, -0.2) is 0 Å². The first kappa shape index (κ1) is 17.2. The molecule has 0 bridgehead atoms. The first-order valence-corrected chi connectivity index (χ1v) is 5.89. The van der Waals surface area contributed by atoms with E-state index in [1.54, 1.807) is 18.9 Å². The van der Waals surface area contributed by atoms with Crippen LogP contribution in [0, 0.1) is 0 Å². The van der Waals surface area contributed by atoms with Crippen LogP contribution < -0.4 is 11.5 Å². The van der Waals surface area contributed by atoms with Gasteiger partial charge in [-0.3, -0.25) is 4.79 Å². The van der Waals surface area contributed by atoms with E-state index in [4.69, 9.17) is 11.5 Å². The highest BCUT2D eigenvalue weighted by Crippen LogP contribution is 2.19. The lowest BCUT2D eigenvalue weighted by molar-refractivity contribution is -0.137. The highest BCUT2D eigenvalue weighted by molar-refractivity contribution is 5.83. The number of carbonyl (C=O) groups excluding carboxylic acids is 1. The molecular weight excluding hydrogens is 247 g/mol. The van der Waals surface area contributed by atoms with E-state index in [0.717, 1.165) is 0 Å². The van der Waals surface area contributed by atoms with Gasteiger partial charge in [0.25, 0.3) is 0 Å². The molecule has 1 unspecified atom stereocenters. The summed E-state index contributed by atoms with van der Waals surface area (Å²) >= 11 is 0. The van der Waals surface area contributed by atoms with Crippen LogP contribution in [0.15, 0.2) is 0 Å². The Morgan fingerprint density at radius 1 is 1.17 bits per heavy atom. The topological polar surface area (TPSA) is 72.3 Å². The van der Waals surface area contributed by atoms with Crippen molar-refractivity contribution in [2.24, 2.45) is 11.5 Å². The van der Waals surface area contributed by atoms with Gasteiger partial charge < -0.3 is 16.4 Å². The van der Waals surface area contributed by atoms with E-state index in [-0.39, 0.29) is 6.54 Å². The number of unbranched alkanes of at least 4 members (excludes halogenated alkanes) is 1. The third kappa shape index (κ3) is 8.30. The molecule has 0 spiro atoms. The van der Waals surface area contributed by atoms with E-state index in [1.165, 1.54) is 0 Å². The van der Waals surface area contributed by atoms with Gasteiger partial charge in [-0.05, 0) is 39.8 Å². The maximum absolute atomic E-state index is 12.0. The number of rotatable bonds is 8. The Labute approximate surface area is 105 Å². The molecule has 0 aromatic heterocycles. The predicted molar refractivity (Wildman–Crippen MR) is 63.8 cm³/mol. The van der Waals surface area contributed by atoms with E-state index in [9.17, 15) is 18.0 Å². The number of hydrogen-bond acceptors (Lipinski definition) is 3. The highest BCUT2D eigenvalue weighted by atomic mass is 19.4. The van der Waals surface area contributed by atoms with E-state index < -0.39 is 24.0 Å². The summed E-state index contributed by atoms with van der Waals surface area (Å²) in [7, 11) is 1.64. The fourth-order valence-electron chi connectivity index (χ4n) is 1.43. The molecular formula is C11H22F3N3O. The molecule has 108 valence electrons. The first-order valence-electron chi connectivity index (χ1n) is 5.89. The molecule has 1 amide bonds. The van der Waals surface area contributed by atoms with Gasteiger partial charge in [-0.1, -0.05) is 0 Å². The van der Waals surface area contributed by atoms with Crippen molar-refractivity contribution in [3.05, 3.63) is 0 Å². The van der Waals surface area contributed by atoms with Crippen molar-refractivity contribution in [1.82, 2.24) is 4.90 Å². The largest absolute Gasteiger partial charge is 0.390 e. The van der Waals surface area contributed by atoms with E-state index in [2.05, 4.69) is 0 Å². The maximum Gasteiger partial charge on any atom is 0.390 e. The Balaban J connectivity index is 3.70. The van der Waals surface area contributed by atoms with Gasteiger partial charge >= 0.3 is 6.18 Å². The molecule has 0 heterocycles. The Kier molecular flexibility index (Phi) is 6.62. The molecule has 7 heteroatoms. The minimum atomic E-state index is -4.12. The molecule has 0 aromatic carbocycles. The summed E-state index contributed by atoms with van der Waals surface area (Å²) in [5, 5.41) is 0. The molecule has 18 heavy (non-hydrogen) atoms. The van der Waals surface area contributed by atoms with Gasteiger partial charge in [0.1, 0.15) is 0 Å². The number of nitrogens with two attached hydrogens (primary N) is 2. The second-order valence-electron chi connectivity index (χ2n) is 4.91. The minimum absolute atomic E-state index is 0.0147. The number of amides is 1. The summed E-state index contributed by atoms with van der Waals surface area (Å²) in [6, 6.07) is 0. The SMILES string of the molecule is CN(CCCCC(C)(N)C(N)=O)CCC(F)(F)F. The molecule has 0 saturated heterocycles. The average Bonchev–Trinajstić information content (AvgIpc) is 2.20. The first-order chi connectivity index (χ1) is 8.04. The van der Waals surface area contributed by atoms with E-state index in [0.29, 0.717) is 25.8 Å². The summed E-state index contributed by atoms with van der Waals surface area (Å²) < 4.78 is 35.9. The predicted octanol–water partition coefficient (Wildman–Crippen LogP) is 1.24. The zero-order chi connectivity index (χ0) is 14.4. The molecule has 0 saturated carbocycles. The lowest BCUT2D eigenvalue weighted by atomic mass is 9.95. The fourth-order valence-corrected chi connectivity index (χ4v) is 1.43.